The van der Waals surface area contributed by atoms with Gasteiger partial charge in [-0.3, -0.25) is 10.1 Å². The van der Waals surface area contributed by atoms with Crippen LogP contribution in [-0.4, -0.2) is 12.0 Å². The van der Waals surface area contributed by atoms with Crippen molar-refractivity contribution in [2.75, 3.05) is 0 Å². The fourth-order valence-corrected chi connectivity index (χ4v) is 1.03. The van der Waals surface area contributed by atoms with Crippen LogP contribution in [0, 0.1) is 11.5 Å². The summed E-state index contributed by atoms with van der Waals surface area (Å²) >= 11 is 0. The largest absolute Gasteiger partial charge is 0.364 e. The van der Waals surface area contributed by atoms with Gasteiger partial charge in [0.15, 0.2) is 6.19 Å². The van der Waals surface area contributed by atoms with Gasteiger partial charge in [-0.1, -0.05) is 30.3 Å². The standard InChI is InChI=1S/C11H12N2O2/c1-9(11(14)13-8-12)15-7-10-5-3-2-4-6-10/h2-6,9H,7H2,1H3,(H,13,14). The minimum atomic E-state index is -0.621. The van der Waals surface area contributed by atoms with Gasteiger partial charge in [-0.15, -0.1) is 0 Å². The van der Waals surface area contributed by atoms with Crippen LogP contribution in [0.25, 0.3) is 0 Å². The van der Waals surface area contributed by atoms with Gasteiger partial charge in [0.1, 0.15) is 6.10 Å². The van der Waals surface area contributed by atoms with Gasteiger partial charge in [0.2, 0.25) is 0 Å². The lowest BCUT2D eigenvalue weighted by Crippen LogP contribution is -2.31. The third kappa shape index (κ3) is 3.79. The second kappa shape index (κ2) is 5.78. The van der Waals surface area contributed by atoms with Gasteiger partial charge in [0, 0.05) is 0 Å². The van der Waals surface area contributed by atoms with E-state index in [4.69, 9.17) is 10.00 Å². The molecule has 0 spiro atoms. The molecule has 0 bridgehead atoms. The first-order chi connectivity index (χ1) is 7.24. The Hall–Kier alpha value is -1.86. The number of hydrogen-bond acceptors (Lipinski definition) is 3. The van der Waals surface area contributed by atoms with Crippen LogP contribution in [0.2, 0.25) is 0 Å². The van der Waals surface area contributed by atoms with Crippen molar-refractivity contribution in [2.24, 2.45) is 0 Å². The number of nitriles is 1. The van der Waals surface area contributed by atoms with Crippen LogP contribution in [0.3, 0.4) is 0 Å². The molecule has 0 aliphatic heterocycles. The van der Waals surface area contributed by atoms with E-state index < -0.39 is 12.0 Å². The minimum absolute atomic E-state index is 0.362. The number of ether oxygens (including phenoxy) is 1. The zero-order chi connectivity index (χ0) is 11.1. The van der Waals surface area contributed by atoms with E-state index in [9.17, 15) is 4.79 Å². The molecule has 1 unspecified atom stereocenters. The molecule has 1 rings (SSSR count). The number of benzene rings is 1. The molecular weight excluding hydrogens is 192 g/mol. The molecule has 0 aromatic heterocycles. The van der Waals surface area contributed by atoms with Crippen molar-refractivity contribution in [3.63, 3.8) is 0 Å². The van der Waals surface area contributed by atoms with Gasteiger partial charge < -0.3 is 4.74 Å². The number of hydrogen-bond donors (Lipinski definition) is 1. The van der Waals surface area contributed by atoms with Gasteiger partial charge in [-0.05, 0) is 12.5 Å². The topological polar surface area (TPSA) is 62.1 Å². The molecule has 1 aromatic rings. The highest BCUT2D eigenvalue weighted by atomic mass is 16.5. The summed E-state index contributed by atoms with van der Waals surface area (Å²) in [6.45, 7) is 1.97. The van der Waals surface area contributed by atoms with E-state index in [1.54, 1.807) is 13.1 Å². The van der Waals surface area contributed by atoms with Crippen LogP contribution < -0.4 is 5.32 Å². The van der Waals surface area contributed by atoms with Crippen molar-refractivity contribution in [3.05, 3.63) is 35.9 Å². The van der Waals surface area contributed by atoms with Crippen LogP contribution in [0.4, 0.5) is 0 Å². The van der Waals surface area contributed by atoms with Crippen LogP contribution >= 0.6 is 0 Å². The van der Waals surface area contributed by atoms with Gasteiger partial charge >= 0.3 is 0 Å². The van der Waals surface area contributed by atoms with E-state index in [0.29, 0.717) is 6.61 Å². The molecule has 1 atom stereocenters. The Kier molecular flexibility index (Phi) is 4.32. The van der Waals surface area contributed by atoms with Crippen molar-refractivity contribution < 1.29 is 9.53 Å². The van der Waals surface area contributed by atoms with Crippen molar-refractivity contribution in [2.45, 2.75) is 19.6 Å². The maximum Gasteiger partial charge on any atom is 0.261 e. The molecule has 0 aliphatic carbocycles. The van der Waals surface area contributed by atoms with Gasteiger partial charge in [-0.25, -0.2) is 0 Å². The summed E-state index contributed by atoms with van der Waals surface area (Å²) in [6, 6.07) is 9.54. The Bertz CT molecular complexity index is 357. The predicted molar refractivity (Wildman–Crippen MR) is 54.4 cm³/mol. The fourth-order valence-electron chi connectivity index (χ4n) is 1.03. The number of amides is 1. The van der Waals surface area contributed by atoms with E-state index in [-0.39, 0.29) is 0 Å². The molecule has 4 heteroatoms. The monoisotopic (exact) mass is 204 g/mol. The minimum Gasteiger partial charge on any atom is -0.364 e. The third-order valence-corrected chi connectivity index (χ3v) is 1.89. The maximum atomic E-state index is 11.1. The highest BCUT2D eigenvalue weighted by Crippen LogP contribution is 2.03. The van der Waals surface area contributed by atoms with Gasteiger partial charge in [0.25, 0.3) is 5.91 Å². The first-order valence-corrected chi connectivity index (χ1v) is 4.58. The summed E-state index contributed by atoms with van der Waals surface area (Å²) in [5, 5.41) is 10.3. The van der Waals surface area contributed by atoms with Crippen molar-refractivity contribution >= 4 is 5.91 Å². The van der Waals surface area contributed by atoms with Crippen LogP contribution in [-0.2, 0) is 16.1 Å². The highest BCUT2D eigenvalue weighted by molar-refractivity contribution is 5.81. The molecule has 0 aliphatic rings. The number of nitrogens with one attached hydrogen (secondary N) is 1. The summed E-state index contributed by atoms with van der Waals surface area (Å²) in [5.41, 5.74) is 0.995. The van der Waals surface area contributed by atoms with E-state index in [2.05, 4.69) is 0 Å². The molecule has 4 nitrogen and oxygen atoms in total. The smallest absolute Gasteiger partial charge is 0.261 e. The van der Waals surface area contributed by atoms with Crippen molar-refractivity contribution in [3.8, 4) is 6.19 Å². The summed E-state index contributed by atoms with van der Waals surface area (Å²) < 4.78 is 5.28. The first-order valence-electron chi connectivity index (χ1n) is 4.58. The van der Waals surface area contributed by atoms with Crippen LogP contribution in [0.1, 0.15) is 12.5 Å². The van der Waals surface area contributed by atoms with Crippen LogP contribution in [0.15, 0.2) is 30.3 Å². The average molecular weight is 204 g/mol. The van der Waals surface area contributed by atoms with Crippen LogP contribution in [0.5, 0.6) is 0 Å². The third-order valence-electron chi connectivity index (χ3n) is 1.89. The quantitative estimate of drug-likeness (QED) is 0.592. The SMILES string of the molecule is CC(OCc1ccccc1)C(=O)NC#N. The van der Waals surface area contributed by atoms with Gasteiger partial charge in [-0.2, -0.15) is 5.26 Å². The molecule has 0 saturated heterocycles. The molecule has 1 N–H and O–H groups in total. The molecule has 0 fully saturated rings. The van der Waals surface area contributed by atoms with E-state index >= 15 is 0 Å². The Labute approximate surface area is 88.5 Å². The number of rotatable bonds is 4. The molecule has 0 radical (unpaired) electrons. The first kappa shape index (κ1) is 11.2. The molecular formula is C11H12N2O2. The lowest BCUT2D eigenvalue weighted by atomic mass is 10.2. The Morgan fingerprint density at radius 1 is 1.53 bits per heavy atom. The Balaban J connectivity index is 2.38. The lowest BCUT2D eigenvalue weighted by molar-refractivity contribution is -0.131. The summed E-state index contributed by atoms with van der Waals surface area (Å²) in [4.78, 5) is 11.1. The number of carbonyl (C=O) groups is 1. The number of nitrogens with zero attached hydrogens (tertiary/aromatic N) is 1. The Morgan fingerprint density at radius 3 is 2.80 bits per heavy atom. The molecule has 78 valence electrons. The average Bonchev–Trinajstić information content (AvgIpc) is 2.27. The van der Waals surface area contributed by atoms with E-state index in [0.717, 1.165) is 5.56 Å². The van der Waals surface area contributed by atoms with E-state index in [1.807, 2.05) is 35.6 Å². The van der Waals surface area contributed by atoms with E-state index in [1.165, 1.54) is 0 Å². The molecule has 0 heterocycles. The van der Waals surface area contributed by atoms with Gasteiger partial charge in [0.05, 0.1) is 6.61 Å². The normalized spacial score (nSPS) is 11.5. The summed E-state index contributed by atoms with van der Waals surface area (Å²) in [6.07, 6.45) is 0.947. The summed E-state index contributed by atoms with van der Waals surface area (Å²) in [5.74, 6) is -0.423. The lowest BCUT2D eigenvalue weighted by Gasteiger charge is -2.10. The Morgan fingerprint density at radius 2 is 2.20 bits per heavy atom. The second-order valence-corrected chi connectivity index (χ2v) is 3.04. The zero-order valence-corrected chi connectivity index (χ0v) is 8.43. The molecule has 1 aromatic carbocycles. The second-order valence-electron chi connectivity index (χ2n) is 3.04. The number of carbonyl (C=O) groups excluding carboxylic acids is 1. The highest BCUT2D eigenvalue weighted by Gasteiger charge is 2.12. The molecule has 15 heavy (non-hydrogen) atoms. The summed E-state index contributed by atoms with van der Waals surface area (Å²) in [7, 11) is 0. The van der Waals surface area contributed by atoms with Crippen molar-refractivity contribution in [1.82, 2.24) is 5.32 Å². The molecule has 0 saturated carbocycles. The molecule has 1 amide bonds. The maximum absolute atomic E-state index is 11.1. The fraction of sp³-hybridized carbons (Fsp3) is 0.273. The van der Waals surface area contributed by atoms with Crippen molar-refractivity contribution in [1.29, 1.82) is 5.26 Å². The predicted octanol–water partition coefficient (Wildman–Crippen LogP) is 1.19. The zero-order valence-electron chi connectivity index (χ0n) is 8.43.